The molecule has 0 unspecified atom stereocenters. The molecular formula is C27H21Cl2N3O5S. The zero-order valence-electron chi connectivity index (χ0n) is 19.9. The third kappa shape index (κ3) is 3.95. The number of esters is 1. The van der Waals surface area contributed by atoms with E-state index in [4.69, 9.17) is 37.4 Å². The maximum Gasteiger partial charge on any atom is 0.344 e. The van der Waals surface area contributed by atoms with E-state index in [-0.39, 0.29) is 29.5 Å². The Hall–Kier alpha value is -3.14. The first-order chi connectivity index (χ1) is 18.4. The molecule has 3 fully saturated rings. The fourth-order valence-electron chi connectivity index (χ4n) is 5.67. The van der Waals surface area contributed by atoms with Gasteiger partial charge in [0.25, 0.3) is 0 Å². The van der Waals surface area contributed by atoms with Crippen LogP contribution in [0, 0.1) is 5.92 Å². The van der Waals surface area contributed by atoms with Crippen molar-refractivity contribution in [1.29, 1.82) is 0 Å². The number of carboxylic acids is 1. The standard InChI is InChI=1S/C27H21Cl2N3O5S/c28-16-2-1-3-17(29)21(16)23-22(24(37-31-23)12-4-5-12)26(35)36-19-10-15-8-14(19)11-32(15)27-30-18-7-6-13(25(33)34)9-20(18)38-27/h1-3,6-7,9,12,14-15,19H,4-5,8,10-11H2,(H,33,34)/t14-,15-,19+/m0/s1. The monoisotopic (exact) mass is 569 g/mol. The number of hydrogen-bond acceptors (Lipinski definition) is 8. The second-order valence-corrected chi connectivity index (χ2v) is 11.9. The van der Waals surface area contributed by atoms with Crippen LogP contribution in [0.5, 0.6) is 0 Å². The van der Waals surface area contributed by atoms with Crippen molar-refractivity contribution >= 4 is 61.8 Å². The largest absolute Gasteiger partial charge is 0.478 e. The van der Waals surface area contributed by atoms with Crippen LogP contribution < -0.4 is 4.90 Å². The number of ether oxygens (including phenoxy) is 1. The molecule has 0 spiro atoms. The summed E-state index contributed by atoms with van der Waals surface area (Å²) in [6.07, 6.45) is 3.23. The Labute approximate surface area is 231 Å². The highest BCUT2D eigenvalue weighted by atomic mass is 35.5. The van der Waals surface area contributed by atoms with Crippen LogP contribution in [0.1, 0.15) is 58.1 Å². The molecule has 8 nitrogen and oxygen atoms in total. The van der Waals surface area contributed by atoms with Gasteiger partial charge < -0.3 is 19.3 Å². The van der Waals surface area contributed by atoms with Gasteiger partial charge in [0, 0.05) is 36.4 Å². The third-order valence-corrected chi connectivity index (χ3v) is 9.36. The van der Waals surface area contributed by atoms with Gasteiger partial charge in [0.1, 0.15) is 17.4 Å². The average molecular weight is 570 g/mol. The zero-order chi connectivity index (χ0) is 26.1. The minimum atomic E-state index is -0.954. The highest BCUT2D eigenvalue weighted by Crippen LogP contribution is 2.48. The van der Waals surface area contributed by atoms with Crippen molar-refractivity contribution in [2.75, 3.05) is 11.4 Å². The van der Waals surface area contributed by atoms with Crippen LogP contribution in [0.3, 0.4) is 0 Å². The molecule has 2 aromatic carbocycles. The van der Waals surface area contributed by atoms with E-state index in [1.54, 1.807) is 36.4 Å². The minimum absolute atomic E-state index is 0.149. The molecule has 3 atom stereocenters. The first-order valence-corrected chi connectivity index (χ1v) is 14.0. The van der Waals surface area contributed by atoms with Crippen molar-refractivity contribution in [3.05, 3.63) is 63.3 Å². The number of aromatic nitrogens is 2. The molecule has 2 aromatic heterocycles. The molecule has 3 heterocycles. The first-order valence-electron chi connectivity index (χ1n) is 12.4. The lowest BCUT2D eigenvalue weighted by atomic mass is 10.0. The molecule has 0 radical (unpaired) electrons. The number of benzene rings is 2. The number of thiazole rings is 1. The number of carboxylic acid groups (broad SMARTS) is 1. The highest BCUT2D eigenvalue weighted by Gasteiger charge is 2.48. The number of hydrogen-bond donors (Lipinski definition) is 1. The summed E-state index contributed by atoms with van der Waals surface area (Å²) >= 11 is 14.4. The summed E-state index contributed by atoms with van der Waals surface area (Å²) in [4.78, 5) is 31.9. The Bertz CT molecular complexity index is 1590. The molecule has 1 N–H and O–H groups in total. The van der Waals surface area contributed by atoms with Crippen LogP contribution >= 0.6 is 34.5 Å². The maximum absolute atomic E-state index is 13.6. The number of piperidine rings is 1. The Morgan fingerprint density at radius 1 is 1.13 bits per heavy atom. The van der Waals surface area contributed by atoms with E-state index in [1.807, 2.05) is 0 Å². The second-order valence-electron chi connectivity index (χ2n) is 10.1. The number of fused-ring (bicyclic) bond motifs is 3. The number of anilines is 1. The molecule has 38 heavy (non-hydrogen) atoms. The van der Waals surface area contributed by atoms with Crippen LogP contribution in [-0.2, 0) is 4.74 Å². The second kappa shape index (κ2) is 8.97. The summed E-state index contributed by atoms with van der Waals surface area (Å²) in [5.74, 6) is -0.548. The number of carbonyl (C=O) groups excluding carboxylic acids is 1. The predicted molar refractivity (Wildman–Crippen MR) is 144 cm³/mol. The Morgan fingerprint density at radius 2 is 1.92 bits per heavy atom. The summed E-state index contributed by atoms with van der Waals surface area (Å²) in [6.45, 7) is 0.719. The lowest BCUT2D eigenvalue weighted by Gasteiger charge is -2.31. The van der Waals surface area contributed by atoms with E-state index in [0.29, 0.717) is 39.0 Å². The fraction of sp³-hybridized carbons (Fsp3) is 0.333. The quantitative estimate of drug-likeness (QED) is 0.257. The van der Waals surface area contributed by atoms with Gasteiger partial charge in [-0.3, -0.25) is 0 Å². The summed E-state index contributed by atoms with van der Waals surface area (Å²) in [5.41, 5.74) is 2.15. The minimum Gasteiger partial charge on any atom is -0.478 e. The lowest BCUT2D eigenvalue weighted by Crippen LogP contribution is -2.39. The van der Waals surface area contributed by atoms with Gasteiger partial charge in [0.15, 0.2) is 10.9 Å². The zero-order valence-corrected chi connectivity index (χ0v) is 22.2. The third-order valence-electron chi connectivity index (χ3n) is 7.68. The molecule has 4 aromatic rings. The SMILES string of the molecule is O=C(O)c1ccc2nc(N3C[C@@H]4C[C@H]3C[C@H]4OC(=O)c3c(-c4c(Cl)cccc4Cl)noc3C3CC3)sc2c1. The number of nitrogens with zero attached hydrogens (tertiary/aromatic N) is 3. The van der Waals surface area contributed by atoms with E-state index in [2.05, 4.69) is 10.1 Å². The Morgan fingerprint density at radius 3 is 2.61 bits per heavy atom. The molecule has 1 aliphatic heterocycles. The predicted octanol–water partition coefficient (Wildman–Crippen LogP) is 6.66. The van der Waals surface area contributed by atoms with Gasteiger partial charge in [0.05, 0.1) is 25.8 Å². The van der Waals surface area contributed by atoms with Gasteiger partial charge in [-0.1, -0.05) is 45.8 Å². The van der Waals surface area contributed by atoms with Crippen LogP contribution in [0.4, 0.5) is 5.13 Å². The van der Waals surface area contributed by atoms with Crippen molar-refractivity contribution in [2.24, 2.45) is 5.92 Å². The molecular weight excluding hydrogens is 549 g/mol. The van der Waals surface area contributed by atoms with Crippen molar-refractivity contribution in [3.63, 3.8) is 0 Å². The lowest BCUT2D eigenvalue weighted by molar-refractivity contribution is 0.0191. The van der Waals surface area contributed by atoms with Crippen LogP contribution in [0.15, 0.2) is 40.9 Å². The summed E-state index contributed by atoms with van der Waals surface area (Å²) in [7, 11) is 0. The van der Waals surface area contributed by atoms with Crippen molar-refractivity contribution in [3.8, 4) is 11.3 Å². The van der Waals surface area contributed by atoms with Gasteiger partial charge in [-0.2, -0.15) is 0 Å². The average Bonchev–Trinajstić information content (AvgIpc) is 3.22. The summed E-state index contributed by atoms with van der Waals surface area (Å²) < 4.78 is 12.6. The normalized spacial score (nSPS) is 22.4. The van der Waals surface area contributed by atoms with Crippen molar-refractivity contribution < 1.29 is 24.0 Å². The fourth-order valence-corrected chi connectivity index (χ4v) is 7.33. The Kier molecular flexibility index (Phi) is 5.65. The van der Waals surface area contributed by atoms with Gasteiger partial charge in [-0.05, 0) is 49.6 Å². The van der Waals surface area contributed by atoms with Crippen LogP contribution in [0.25, 0.3) is 21.5 Å². The summed E-state index contributed by atoms with van der Waals surface area (Å²) in [6, 6.07) is 10.3. The molecule has 3 aliphatic rings. The molecule has 1 saturated heterocycles. The molecule has 2 saturated carbocycles. The maximum atomic E-state index is 13.6. The number of aromatic carboxylic acids is 1. The smallest absolute Gasteiger partial charge is 0.344 e. The van der Waals surface area contributed by atoms with E-state index in [1.165, 1.54) is 11.3 Å². The summed E-state index contributed by atoms with van der Waals surface area (Å²) in [5, 5.41) is 15.1. The van der Waals surface area contributed by atoms with Crippen molar-refractivity contribution in [1.82, 2.24) is 10.1 Å². The molecule has 2 aliphatic carbocycles. The molecule has 2 bridgehead atoms. The van der Waals surface area contributed by atoms with Crippen molar-refractivity contribution in [2.45, 2.75) is 43.7 Å². The van der Waals surface area contributed by atoms with Crippen LogP contribution in [0.2, 0.25) is 10.0 Å². The molecule has 11 heteroatoms. The first kappa shape index (κ1) is 23.9. The molecule has 7 rings (SSSR count). The van der Waals surface area contributed by atoms with Crippen LogP contribution in [-0.4, -0.2) is 45.9 Å². The number of rotatable bonds is 6. The van der Waals surface area contributed by atoms with E-state index < -0.39 is 11.9 Å². The van der Waals surface area contributed by atoms with E-state index in [9.17, 15) is 14.7 Å². The van der Waals surface area contributed by atoms with E-state index in [0.717, 1.165) is 41.2 Å². The van der Waals surface area contributed by atoms with Gasteiger partial charge in [0.2, 0.25) is 0 Å². The topological polar surface area (TPSA) is 106 Å². The molecule has 194 valence electrons. The highest BCUT2D eigenvalue weighted by molar-refractivity contribution is 7.22. The number of carbonyl (C=O) groups is 2. The number of halogens is 2. The molecule has 0 amide bonds. The van der Waals surface area contributed by atoms with Gasteiger partial charge >= 0.3 is 11.9 Å². The Balaban J connectivity index is 1.11. The van der Waals surface area contributed by atoms with E-state index >= 15 is 0 Å². The van der Waals surface area contributed by atoms with Gasteiger partial charge in [-0.25, -0.2) is 14.6 Å². The van der Waals surface area contributed by atoms with Gasteiger partial charge in [-0.15, -0.1) is 0 Å².